The summed E-state index contributed by atoms with van der Waals surface area (Å²) in [5.41, 5.74) is 0. The number of hydrogen-bond acceptors (Lipinski definition) is 3. The van der Waals surface area contributed by atoms with Crippen LogP contribution < -0.4 is 10.6 Å². The number of likely N-dealkylation sites (tertiary alicyclic amines) is 1. The van der Waals surface area contributed by atoms with E-state index in [0.29, 0.717) is 6.04 Å². The van der Waals surface area contributed by atoms with Gasteiger partial charge in [0.15, 0.2) is 5.96 Å². The number of rotatable bonds is 8. The molecule has 1 saturated heterocycles. The van der Waals surface area contributed by atoms with Crippen molar-refractivity contribution in [3.8, 4) is 0 Å². The maximum absolute atomic E-state index is 5.69. The highest BCUT2D eigenvalue weighted by Crippen LogP contribution is 2.34. The highest BCUT2D eigenvalue weighted by molar-refractivity contribution is 14.0. The number of hydrogen-bond donors (Lipinski definition) is 2. The van der Waals surface area contributed by atoms with Crippen LogP contribution in [0.25, 0.3) is 0 Å². The number of nitrogens with zero attached hydrogens (tertiary/aromatic N) is 2. The van der Waals surface area contributed by atoms with E-state index in [1.165, 1.54) is 32.1 Å². The highest BCUT2D eigenvalue weighted by Gasteiger charge is 2.36. The van der Waals surface area contributed by atoms with Crippen LogP contribution in [0.3, 0.4) is 0 Å². The average molecular weight is 460 g/mol. The maximum atomic E-state index is 5.69. The minimum Gasteiger partial charge on any atom is -0.468 e. The molecule has 0 aromatic carbocycles. The molecular weight excluding hydrogens is 427 g/mol. The van der Waals surface area contributed by atoms with Gasteiger partial charge in [-0.25, -0.2) is 0 Å². The van der Waals surface area contributed by atoms with E-state index in [2.05, 4.69) is 35.4 Å². The van der Waals surface area contributed by atoms with Crippen molar-refractivity contribution in [2.45, 2.75) is 58.0 Å². The maximum Gasteiger partial charge on any atom is 0.191 e. The van der Waals surface area contributed by atoms with Gasteiger partial charge >= 0.3 is 0 Å². The number of halogens is 1. The van der Waals surface area contributed by atoms with E-state index in [0.717, 1.165) is 43.8 Å². The summed E-state index contributed by atoms with van der Waals surface area (Å²) in [6.45, 7) is 8.31. The molecule has 2 fully saturated rings. The van der Waals surface area contributed by atoms with E-state index in [-0.39, 0.29) is 30.0 Å². The fraction of sp³-hybridized carbons (Fsp3) is 0.737. The number of guanidine groups is 1. The second-order valence-corrected chi connectivity index (χ2v) is 7.03. The molecular formula is C19H33IN4O. The molecule has 3 rings (SSSR count). The topological polar surface area (TPSA) is 52.8 Å². The van der Waals surface area contributed by atoms with Crippen LogP contribution in [0.2, 0.25) is 0 Å². The standard InChI is InChI=1S/C19H32N4O.HI/c1-3-8-15-13-16(15)22-19(20-4-2)21-14-17(18-9-7-12-24-18)23-10-5-6-11-23;/h7,9,12,15-17H,3-6,8,10-11,13-14H2,1-2H3,(H2,20,21,22);1H. The van der Waals surface area contributed by atoms with E-state index >= 15 is 0 Å². The second-order valence-electron chi connectivity index (χ2n) is 7.03. The van der Waals surface area contributed by atoms with Crippen molar-refractivity contribution in [3.05, 3.63) is 24.2 Å². The molecule has 0 spiro atoms. The molecule has 6 heteroatoms. The molecule has 0 bridgehead atoms. The largest absolute Gasteiger partial charge is 0.468 e. The van der Waals surface area contributed by atoms with Gasteiger partial charge in [-0.2, -0.15) is 0 Å². The van der Waals surface area contributed by atoms with Crippen molar-refractivity contribution in [3.63, 3.8) is 0 Å². The Hall–Kier alpha value is -0.760. The molecule has 3 atom stereocenters. The Morgan fingerprint density at radius 3 is 2.80 bits per heavy atom. The third-order valence-electron chi connectivity index (χ3n) is 5.12. The van der Waals surface area contributed by atoms with Crippen molar-refractivity contribution >= 4 is 29.9 Å². The SMILES string of the molecule is CCCC1CC1NC(=NCC(c1ccco1)N1CCCC1)NCC.I. The molecule has 25 heavy (non-hydrogen) atoms. The van der Waals surface area contributed by atoms with E-state index in [9.17, 15) is 0 Å². The average Bonchev–Trinajstić information content (AvgIpc) is 3.04. The fourth-order valence-corrected chi connectivity index (χ4v) is 3.71. The van der Waals surface area contributed by atoms with Crippen molar-refractivity contribution in [2.75, 3.05) is 26.2 Å². The Morgan fingerprint density at radius 2 is 2.16 bits per heavy atom. The van der Waals surface area contributed by atoms with Gasteiger partial charge in [-0.1, -0.05) is 13.3 Å². The molecule has 2 heterocycles. The number of furan rings is 1. The summed E-state index contributed by atoms with van der Waals surface area (Å²) in [5.74, 6) is 2.82. The summed E-state index contributed by atoms with van der Waals surface area (Å²) in [4.78, 5) is 7.38. The molecule has 1 saturated carbocycles. The van der Waals surface area contributed by atoms with Crippen LogP contribution in [0.15, 0.2) is 27.8 Å². The third kappa shape index (κ3) is 5.88. The molecule has 3 unspecified atom stereocenters. The molecule has 5 nitrogen and oxygen atoms in total. The quantitative estimate of drug-likeness (QED) is 0.352. The van der Waals surface area contributed by atoms with Gasteiger partial charge in [0.25, 0.3) is 0 Å². The minimum atomic E-state index is 0. The van der Waals surface area contributed by atoms with Crippen LogP contribution in [-0.2, 0) is 0 Å². The lowest BCUT2D eigenvalue weighted by Crippen LogP contribution is -2.40. The lowest BCUT2D eigenvalue weighted by molar-refractivity contribution is 0.221. The van der Waals surface area contributed by atoms with Gasteiger partial charge < -0.3 is 15.1 Å². The van der Waals surface area contributed by atoms with Crippen molar-refractivity contribution in [1.29, 1.82) is 0 Å². The molecule has 1 aliphatic heterocycles. The molecule has 1 aromatic heterocycles. The lowest BCUT2D eigenvalue weighted by atomic mass is 10.2. The zero-order valence-corrected chi connectivity index (χ0v) is 17.9. The zero-order valence-electron chi connectivity index (χ0n) is 15.5. The molecule has 0 radical (unpaired) electrons. The summed E-state index contributed by atoms with van der Waals surface area (Å²) < 4.78 is 5.69. The summed E-state index contributed by atoms with van der Waals surface area (Å²) >= 11 is 0. The first-order chi connectivity index (χ1) is 11.8. The Morgan fingerprint density at radius 1 is 1.36 bits per heavy atom. The summed E-state index contributed by atoms with van der Waals surface area (Å²) in [5, 5.41) is 7.01. The third-order valence-corrected chi connectivity index (χ3v) is 5.12. The van der Waals surface area contributed by atoms with E-state index < -0.39 is 0 Å². The highest BCUT2D eigenvalue weighted by atomic mass is 127. The monoisotopic (exact) mass is 460 g/mol. The molecule has 142 valence electrons. The summed E-state index contributed by atoms with van der Waals surface area (Å²) in [6, 6.07) is 4.92. The molecule has 2 aliphatic rings. The lowest BCUT2D eigenvalue weighted by Gasteiger charge is -2.24. The summed E-state index contributed by atoms with van der Waals surface area (Å²) in [6.07, 6.45) is 8.20. The smallest absolute Gasteiger partial charge is 0.191 e. The molecule has 2 N–H and O–H groups in total. The van der Waals surface area contributed by atoms with Crippen molar-refractivity contribution < 1.29 is 4.42 Å². The first-order valence-electron chi connectivity index (χ1n) is 9.64. The van der Waals surface area contributed by atoms with Gasteiger partial charge in [0, 0.05) is 12.6 Å². The Bertz CT molecular complexity index is 514. The van der Waals surface area contributed by atoms with Crippen LogP contribution in [-0.4, -0.2) is 43.1 Å². The Kier molecular flexibility index (Phi) is 8.55. The van der Waals surface area contributed by atoms with Gasteiger partial charge in [-0.15, -0.1) is 24.0 Å². The fourth-order valence-electron chi connectivity index (χ4n) is 3.71. The van der Waals surface area contributed by atoms with Crippen LogP contribution in [0.1, 0.15) is 57.8 Å². The molecule has 1 aromatic rings. The van der Waals surface area contributed by atoms with Crippen LogP contribution in [0.5, 0.6) is 0 Å². The van der Waals surface area contributed by atoms with E-state index in [4.69, 9.17) is 9.41 Å². The molecule has 0 amide bonds. The predicted molar refractivity (Wildman–Crippen MR) is 114 cm³/mol. The normalized spacial score (nSPS) is 24.6. The first-order valence-corrected chi connectivity index (χ1v) is 9.64. The van der Waals surface area contributed by atoms with Gasteiger partial charge in [0.05, 0.1) is 18.8 Å². The van der Waals surface area contributed by atoms with Crippen molar-refractivity contribution in [2.24, 2.45) is 10.9 Å². The van der Waals surface area contributed by atoms with Gasteiger partial charge in [-0.3, -0.25) is 9.89 Å². The molecule has 1 aliphatic carbocycles. The summed E-state index contributed by atoms with van der Waals surface area (Å²) in [7, 11) is 0. The predicted octanol–water partition coefficient (Wildman–Crippen LogP) is 3.78. The minimum absolute atomic E-state index is 0. The Labute approximate surface area is 169 Å². The Balaban J connectivity index is 0.00000225. The van der Waals surface area contributed by atoms with Crippen LogP contribution in [0.4, 0.5) is 0 Å². The van der Waals surface area contributed by atoms with Gasteiger partial charge in [0.2, 0.25) is 0 Å². The van der Waals surface area contributed by atoms with Gasteiger partial charge in [-0.05, 0) is 63.7 Å². The number of aliphatic imine (C=N–C) groups is 1. The van der Waals surface area contributed by atoms with Crippen molar-refractivity contribution in [1.82, 2.24) is 15.5 Å². The second kappa shape index (κ2) is 10.4. The van der Waals surface area contributed by atoms with Crippen LogP contribution >= 0.6 is 24.0 Å². The number of nitrogens with one attached hydrogen (secondary N) is 2. The first kappa shape index (κ1) is 20.6. The van der Waals surface area contributed by atoms with Gasteiger partial charge in [0.1, 0.15) is 5.76 Å². The van der Waals surface area contributed by atoms with Crippen LogP contribution in [0, 0.1) is 5.92 Å². The zero-order chi connectivity index (χ0) is 16.8. The van der Waals surface area contributed by atoms with E-state index in [1.54, 1.807) is 6.26 Å². The van der Waals surface area contributed by atoms with E-state index in [1.807, 2.05) is 6.07 Å².